The Morgan fingerprint density at radius 1 is 0.667 bits per heavy atom. The number of ether oxygens (including phenoxy) is 2. The zero-order valence-electron chi connectivity index (χ0n) is 16.6. The molecule has 0 aromatic heterocycles. The average molecular weight is 398 g/mol. The maximum Gasteiger partial charge on any atom is 0.162 e. The number of ketones is 2. The topological polar surface area (TPSA) is 52.6 Å². The van der Waals surface area contributed by atoms with Crippen LogP contribution in [0.1, 0.15) is 49.7 Å². The molecule has 2 unspecified atom stereocenters. The maximum absolute atomic E-state index is 12.3. The molecule has 4 aliphatic rings. The minimum Gasteiger partial charge on any atom is -0.485 e. The van der Waals surface area contributed by atoms with Gasteiger partial charge in [0.05, 0.1) is 0 Å². The highest BCUT2D eigenvalue weighted by Gasteiger charge is 2.32. The summed E-state index contributed by atoms with van der Waals surface area (Å²) in [5.41, 5.74) is 5.60. The van der Waals surface area contributed by atoms with Crippen LogP contribution in [0, 0.1) is 0 Å². The van der Waals surface area contributed by atoms with Crippen LogP contribution in [0.5, 0.6) is 11.5 Å². The molecule has 2 fully saturated rings. The minimum absolute atomic E-state index is 0.0990. The third-order valence-electron chi connectivity index (χ3n) is 6.59. The Morgan fingerprint density at radius 2 is 1.13 bits per heavy atom. The molecule has 0 spiro atoms. The van der Waals surface area contributed by atoms with Gasteiger partial charge in [0.1, 0.15) is 23.7 Å². The van der Waals surface area contributed by atoms with Crippen LogP contribution in [0.25, 0.3) is 23.3 Å². The molecule has 0 N–H and O–H groups in total. The van der Waals surface area contributed by atoms with Gasteiger partial charge < -0.3 is 9.47 Å². The molecule has 2 aliphatic carbocycles. The number of Topliss-reactive ketones (excluding diaryl/α,β-unsaturated/α-hetero) is 2. The van der Waals surface area contributed by atoms with Gasteiger partial charge in [0, 0.05) is 35.1 Å². The lowest BCUT2D eigenvalue weighted by Crippen LogP contribution is -2.31. The fraction of sp³-hybridized carbons (Fsp3) is 0.308. The fourth-order valence-corrected chi connectivity index (χ4v) is 4.98. The summed E-state index contributed by atoms with van der Waals surface area (Å²) in [5.74, 6) is 2.07. The van der Waals surface area contributed by atoms with E-state index < -0.39 is 0 Å². The van der Waals surface area contributed by atoms with Gasteiger partial charge in [0.25, 0.3) is 0 Å². The van der Waals surface area contributed by atoms with Gasteiger partial charge in [0.2, 0.25) is 0 Å². The summed E-state index contributed by atoms with van der Waals surface area (Å²) in [6.07, 6.45) is 8.62. The largest absolute Gasteiger partial charge is 0.485 e. The highest BCUT2D eigenvalue weighted by Crippen LogP contribution is 2.40. The Morgan fingerprint density at radius 3 is 1.60 bits per heavy atom. The van der Waals surface area contributed by atoms with E-state index in [4.69, 9.17) is 9.47 Å². The van der Waals surface area contributed by atoms with Crippen molar-refractivity contribution in [1.82, 2.24) is 0 Å². The molecule has 150 valence electrons. The van der Waals surface area contributed by atoms with Gasteiger partial charge in [-0.25, -0.2) is 0 Å². The van der Waals surface area contributed by atoms with E-state index in [-0.39, 0.29) is 23.8 Å². The Bertz CT molecular complexity index is 1060. The van der Waals surface area contributed by atoms with Gasteiger partial charge in [0.15, 0.2) is 11.6 Å². The van der Waals surface area contributed by atoms with Gasteiger partial charge in [-0.05, 0) is 73.2 Å². The molecule has 4 nitrogen and oxygen atoms in total. The molecule has 2 aromatic rings. The minimum atomic E-state index is -0.0990. The Kier molecular flexibility index (Phi) is 3.95. The van der Waals surface area contributed by atoms with E-state index in [1.807, 2.05) is 24.3 Å². The number of hydrogen-bond donors (Lipinski definition) is 0. The molecule has 2 heterocycles. The summed E-state index contributed by atoms with van der Waals surface area (Å²) < 4.78 is 12.2. The molecular weight excluding hydrogens is 376 g/mol. The van der Waals surface area contributed by atoms with Crippen LogP contribution in [0.3, 0.4) is 0 Å². The first-order valence-electron chi connectivity index (χ1n) is 10.8. The average Bonchev–Trinajstić information content (AvgIpc) is 2.77. The highest BCUT2D eigenvalue weighted by molar-refractivity contribution is 6.03. The number of carbonyl (C=O) groups is 2. The van der Waals surface area contributed by atoms with E-state index >= 15 is 0 Å². The summed E-state index contributed by atoms with van der Waals surface area (Å²) in [6.45, 7) is 0. The maximum atomic E-state index is 12.3. The van der Waals surface area contributed by atoms with Crippen LogP contribution in [-0.2, 0) is 9.59 Å². The van der Waals surface area contributed by atoms with E-state index in [1.165, 1.54) is 0 Å². The zero-order valence-corrected chi connectivity index (χ0v) is 16.6. The summed E-state index contributed by atoms with van der Waals surface area (Å²) >= 11 is 0. The van der Waals surface area contributed by atoms with Crippen molar-refractivity contribution in [3.8, 4) is 22.6 Å². The van der Waals surface area contributed by atoms with Crippen LogP contribution in [0.2, 0.25) is 0 Å². The predicted octanol–water partition coefficient (Wildman–Crippen LogP) is 5.15. The highest BCUT2D eigenvalue weighted by atomic mass is 16.5. The molecule has 2 atom stereocenters. The number of carbonyl (C=O) groups excluding carboxylic acids is 2. The molecular formula is C26H22O4. The number of hydrogen-bond acceptors (Lipinski definition) is 4. The first kappa shape index (κ1) is 17.7. The number of fused-ring (bicyclic) bond motifs is 4. The lowest BCUT2D eigenvalue weighted by atomic mass is 9.86. The molecule has 0 amide bonds. The van der Waals surface area contributed by atoms with E-state index in [1.54, 1.807) is 0 Å². The molecule has 0 radical (unpaired) electrons. The molecule has 2 aliphatic heterocycles. The quantitative estimate of drug-likeness (QED) is 0.667. The number of benzene rings is 2. The molecule has 2 aromatic carbocycles. The summed E-state index contributed by atoms with van der Waals surface area (Å²) in [6, 6.07) is 12.2. The SMILES string of the molecule is O=C1CCCC2Oc3ccc(-c4ccc5c(c4)C=C4C(=O)CCCC4O5)cc3C=C12. The second kappa shape index (κ2) is 6.69. The van der Waals surface area contributed by atoms with Gasteiger partial charge in [-0.15, -0.1) is 0 Å². The normalized spacial score (nSPS) is 24.3. The molecule has 6 rings (SSSR count). The van der Waals surface area contributed by atoms with Crippen LogP contribution >= 0.6 is 0 Å². The van der Waals surface area contributed by atoms with Crippen LogP contribution < -0.4 is 9.47 Å². The lowest BCUT2D eigenvalue weighted by molar-refractivity contribution is -0.118. The number of rotatable bonds is 1. The molecule has 4 heteroatoms. The standard InChI is InChI=1S/C26H22O4/c27-21-3-1-5-25-19(21)13-17-11-15(7-9-23(17)29-25)16-8-10-24-18(12-16)14-20-22(28)4-2-6-26(20)30-24/h7-14,25-26H,1-6H2. The fourth-order valence-electron chi connectivity index (χ4n) is 4.98. The van der Waals surface area contributed by atoms with Crippen molar-refractivity contribution < 1.29 is 19.1 Å². The van der Waals surface area contributed by atoms with Crippen molar-refractivity contribution in [2.45, 2.75) is 50.7 Å². The van der Waals surface area contributed by atoms with Gasteiger partial charge in [-0.1, -0.05) is 12.1 Å². The summed E-state index contributed by atoms with van der Waals surface area (Å²) in [7, 11) is 0. The monoisotopic (exact) mass is 398 g/mol. The van der Waals surface area contributed by atoms with Crippen molar-refractivity contribution in [2.24, 2.45) is 0 Å². The van der Waals surface area contributed by atoms with Crippen LogP contribution in [-0.4, -0.2) is 23.8 Å². The second-order valence-corrected chi connectivity index (χ2v) is 8.55. The molecule has 30 heavy (non-hydrogen) atoms. The summed E-state index contributed by atoms with van der Waals surface area (Å²) in [5, 5.41) is 0. The van der Waals surface area contributed by atoms with E-state index in [9.17, 15) is 9.59 Å². The molecule has 0 saturated heterocycles. The lowest BCUT2D eigenvalue weighted by Gasteiger charge is -2.30. The van der Waals surface area contributed by atoms with Crippen molar-refractivity contribution in [3.63, 3.8) is 0 Å². The molecule has 2 saturated carbocycles. The van der Waals surface area contributed by atoms with Crippen LogP contribution in [0.4, 0.5) is 0 Å². The van der Waals surface area contributed by atoms with Crippen LogP contribution in [0.15, 0.2) is 47.5 Å². The zero-order chi connectivity index (χ0) is 20.2. The van der Waals surface area contributed by atoms with Gasteiger partial charge in [-0.3, -0.25) is 9.59 Å². The van der Waals surface area contributed by atoms with Gasteiger partial charge >= 0.3 is 0 Å². The first-order chi connectivity index (χ1) is 14.7. The van der Waals surface area contributed by atoms with E-state index in [0.29, 0.717) is 12.8 Å². The van der Waals surface area contributed by atoms with Crippen molar-refractivity contribution in [1.29, 1.82) is 0 Å². The first-order valence-corrected chi connectivity index (χ1v) is 10.8. The second-order valence-electron chi connectivity index (χ2n) is 8.55. The Hall–Kier alpha value is -3.14. The van der Waals surface area contributed by atoms with Crippen molar-refractivity contribution in [3.05, 3.63) is 58.7 Å². The smallest absolute Gasteiger partial charge is 0.162 e. The summed E-state index contributed by atoms with van der Waals surface area (Å²) in [4.78, 5) is 24.6. The Balaban J connectivity index is 1.38. The molecule has 0 bridgehead atoms. The van der Waals surface area contributed by atoms with E-state index in [2.05, 4.69) is 24.3 Å². The third kappa shape index (κ3) is 2.82. The predicted molar refractivity (Wildman–Crippen MR) is 114 cm³/mol. The Labute approximate surface area is 175 Å². The third-order valence-corrected chi connectivity index (χ3v) is 6.59. The van der Waals surface area contributed by atoms with Crippen molar-refractivity contribution in [2.75, 3.05) is 0 Å². The van der Waals surface area contributed by atoms with Crippen molar-refractivity contribution >= 4 is 23.7 Å². The van der Waals surface area contributed by atoms with Gasteiger partial charge in [-0.2, -0.15) is 0 Å². The van der Waals surface area contributed by atoms with E-state index in [0.717, 1.165) is 70.6 Å².